The van der Waals surface area contributed by atoms with Gasteiger partial charge < -0.3 is 14.7 Å². The van der Waals surface area contributed by atoms with E-state index in [1.807, 2.05) is 30.3 Å². The summed E-state index contributed by atoms with van der Waals surface area (Å²) in [5.41, 5.74) is 1.08. The average Bonchev–Trinajstić information content (AvgIpc) is 3.04. The fraction of sp³-hybridized carbons (Fsp3) is 0.120. The molecule has 0 radical (unpaired) electrons. The van der Waals surface area contributed by atoms with Crippen molar-refractivity contribution >= 4 is 17.4 Å². The van der Waals surface area contributed by atoms with E-state index < -0.39 is 23.5 Å². The van der Waals surface area contributed by atoms with E-state index in [1.54, 1.807) is 30.3 Å². The second kappa shape index (κ2) is 8.44. The normalized spacial score (nSPS) is 17.7. The van der Waals surface area contributed by atoms with Crippen LogP contribution in [0.5, 0.6) is 5.75 Å². The lowest BCUT2D eigenvalue weighted by Gasteiger charge is -2.25. The minimum Gasteiger partial charge on any atom is -0.507 e. The van der Waals surface area contributed by atoms with Gasteiger partial charge in [-0.25, -0.2) is 4.39 Å². The molecule has 4 rings (SSSR count). The number of benzene rings is 3. The molecule has 0 aliphatic carbocycles. The van der Waals surface area contributed by atoms with Gasteiger partial charge in [0.25, 0.3) is 11.7 Å². The largest absolute Gasteiger partial charge is 0.507 e. The number of hydrogen-bond acceptors (Lipinski definition) is 4. The van der Waals surface area contributed by atoms with E-state index in [0.29, 0.717) is 11.3 Å². The molecule has 3 aromatic rings. The Labute approximate surface area is 179 Å². The number of halogens is 1. The van der Waals surface area contributed by atoms with E-state index in [9.17, 15) is 19.1 Å². The maximum absolute atomic E-state index is 14.8. The number of hydrogen-bond donors (Lipinski definition) is 1. The summed E-state index contributed by atoms with van der Waals surface area (Å²) in [4.78, 5) is 27.3. The molecule has 1 atom stereocenters. The highest BCUT2D eigenvalue weighted by Gasteiger charge is 2.46. The lowest BCUT2D eigenvalue weighted by atomic mass is 9.94. The van der Waals surface area contributed by atoms with E-state index in [2.05, 4.69) is 0 Å². The number of nitrogens with zero attached hydrogens (tertiary/aromatic N) is 1. The zero-order valence-corrected chi connectivity index (χ0v) is 16.8. The lowest BCUT2D eigenvalue weighted by molar-refractivity contribution is -0.140. The molecular weight excluding hydrogens is 397 g/mol. The van der Waals surface area contributed by atoms with Gasteiger partial charge in [0.05, 0.1) is 18.7 Å². The maximum atomic E-state index is 14.8. The van der Waals surface area contributed by atoms with Crippen LogP contribution < -0.4 is 4.74 Å². The predicted molar refractivity (Wildman–Crippen MR) is 114 cm³/mol. The number of carbonyl (C=O) groups excluding carboxylic acids is 2. The molecule has 0 aromatic heterocycles. The maximum Gasteiger partial charge on any atom is 0.295 e. The number of amides is 1. The van der Waals surface area contributed by atoms with Crippen LogP contribution in [0.2, 0.25) is 0 Å². The monoisotopic (exact) mass is 417 g/mol. The number of aliphatic hydroxyl groups excluding tert-OH is 1. The molecule has 5 nitrogen and oxygen atoms in total. The van der Waals surface area contributed by atoms with Crippen molar-refractivity contribution in [3.63, 3.8) is 0 Å². The van der Waals surface area contributed by atoms with E-state index in [0.717, 1.165) is 5.56 Å². The van der Waals surface area contributed by atoms with Gasteiger partial charge in [0.15, 0.2) is 0 Å². The Hall–Kier alpha value is -3.93. The van der Waals surface area contributed by atoms with E-state index in [-0.39, 0.29) is 23.4 Å². The third kappa shape index (κ3) is 3.80. The highest BCUT2D eigenvalue weighted by Crippen LogP contribution is 2.41. The Balaban J connectivity index is 1.89. The molecule has 31 heavy (non-hydrogen) atoms. The Bertz CT molecular complexity index is 1170. The van der Waals surface area contributed by atoms with Gasteiger partial charge in [0, 0.05) is 17.7 Å². The average molecular weight is 417 g/mol. The Morgan fingerprint density at radius 3 is 2.42 bits per heavy atom. The van der Waals surface area contributed by atoms with Crippen LogP contribution in [-0.4, -0.2) is 28.8 Å². The van der Waals surface area contributed by atoms with Crippen molar-refractivity contribution in [2.24, 2.45) is 0 Å². The van der Waals surface area contributed by atoms with E-state index in [4.69, 9.17) is 4.74 Å². The number of methoxy groups -OCH3 is 1. The van der Waals surface area contributed by atoms with Crippen LogP contribution in [0.1, 0.15) is 22.7 Å². The molecule has 3 aromatic carbocycles. The molecule has 1 fully saturated rings. The van der Waals surface area contributed by atoms with Crippen molar-refractivity contribution < 1.29 is 23.8 Å². The fourth-order valence-electron chi connectivity index (χ4n) is 3.77. The van der Waals surface area contributed by atoms with Crippen molar-refractivity contribution in [3.8, 4) is 5.75 Å². The number of ketones is 1. The zero-order chi connectivity index (χ0) is 22.0. The van der Waals surface area contributed by atoms with Crippen molar-refractivity contribution in [2.75, 3.05) is 7.11 Å². The molecule has 156 valence electrons. The third-order valence-electron chi connectivity index (χ3n) is 5.28. The molecule has 1 aliphatic rings. The molecule has 1 aliphatic heterocycles. The van der Waals surface area contributed by atoms with Gasteiger partial charge in [0.1, 0.15) is 17.3 Å². The van der Waals surface area contributed by atoms with Gasteiger partial charge in [-0.15, -0.1) is 0 Å². The molecule has 0 bridgehead atoms. The molecular formula is C25H20FNO4. The Kier molecular flexibility index (Phi) is 5.54. The number of likely N-dealkylation sites (tertiary alicyclic amines) is 1. The van der Waals surface area contributed by atoms with Crippen LogP contribution in [0.4, 0.5) is 4.39 Å². The minimum atomic E-state index is -1.06. The van der Waals surface area contributed by atoms with Gasteiger partial charge in [0.2, 0.25) is 0 Å². The van der Waals surface area contributed by atoms with Crippen LogP contribution >= 0.6 is 0 Å². The summed E-state index contributed by atoms with van der Waals surface area (Å²) in [5.74, 6) is -2.11. The van der Waals surface area contributed by atoms with Crippen LogP contribution in [-0.2, 0) is 16.1 Å². The summed E-state index contributed by atoms with van der Waals surface area (Å²) in [6, 6.07) is 20.5. The molecule has 6 heteroatoms. The summed E-state index contributed by atoms with van der Waals surface area (Å²) >= 11 is 0. The molecule has 1 saturated heterocycles. The summed E-state index contributed by atoms with van der Waals surface area (Å²) < 4.78 is 20.0. The Morgan fingerprint density at radius 1 is 1.00 bits per heavy atom. The molecule has 1 amide bonds. The van der Waals surface area contributed by atoms with Crippen LogP contribution in [0, 0.1) is 5.82 Å². The highest BCUT2D eigenvalue weighted by molar-refractivity contribution is 6.46. The van der Waals surface area contributed by atoms with E-state index in [1.165, 1.54) is 30.2 Å². The van der Waals surface area contributed by atoms with Gasteiger partial charge in [-0.2, -0.15) is 0 Å². The van der Waals surface area contributed by atoms with Gasteiger partial charge >= 0.3 is 0 Å². The predicted octanol–water partition coefficient (Wildman–Crippen LogP) is 4.46. The fourth-order valence-corrected chi connectivity index (χ4v) is 3.77. The highest BCUT2D eigenvalue weighted by atomic mass is 19.1. The SMILES string of the molecule is COc1cccc(/C(O)=C2\C(=O)C(=O)N(Cc3ccccc3)C2c2ccccc2F)c1. The van der Waals surface area contributed by atoms with Crippen molar-refractivity contribution in [1.82, 2.24) is 4.90 Å². The second-order valence-electron chi connectivity index (χ2n) is 7.17. The molecule has 1 unspecified atom stereocenters. The smallest absolute Gasteiger partial charge is 0.295 e. The van der Waals surface area contributed by atoms with Crippen molar-refractivity contribution in [1.29, 1.82) is 0 Å². The first-order valence-electron chi connectivity index (χ1n) is 9.72. The van der Waals surface area contributed by atoms with Gasteiger partial charge in [-0.3, -0.25) is 9.59 Å². The summed E-state index contributed by atoms with van der Waals surface area (Å²) in [6.07, 6.45) is 0. The first-order valence-corrected chi connectivity index (χ1v) is 9.72. The molecule has 0 spiro atoms. The first-order chi connectivity index (χ1) is 15.0. The number of ether oxygens (including phenoxy) is 1. The number of carbonyl (C=O) groups is 2. The second-order valence-corrected chi connectivity index (χ2v) is 7.17. The van der Waals surface area contributed by atoms with Crippen LogP contribution in [0.25, 0.3) is 5.76 Å². The molecule has 0 saturated carbocycles. The van der Waals surface area contributed by atoms with Crippen LogP contribution in [0.3, 0.4) is 0 Å². The number of rotatable bonds is 5. The third-order valence-corrected chi connectivity index (χ3v) is 5.28. The van der Waals surface area contributed by atoms with Gasteiger partial charge in [-0.05, 0) is 23.8 Å². The lowest BCUT2D eigenvalue weighted by Crippen LogP contribution is -2.29. The molecule has 1 N–H and O–H groups in total. The quantitative estimate of drug-likeness (QED) is 0.378. The molecule has 1 heterocycles. The van der Waals surface area contributed by atoms with Crippen LogP contribution in [0.15, 0.2) is 84.4 Å². The summed E-state index contributed by atoms with van der Waals surface area (Å²) in [5, 5.41) is 11.0. The number of Topliss-reactive ketones (excluding diaryl/α,β-unsaturated/α-hetero) is 1. The summed E-state index contributed by atoms with van der Waals surface area (Å²) in [7, 11) is 1.48. The standard InChI is InChI=1S/C25H20FNO4/c1-31-18-11-7-10-17(14-18)23(28)21-22(19-12-5-6-13-20(19)26)27(25(30)24(21)29)15-16-8-3-2-4-9-16/h2-14,22,28H,15H2,1H3/b23-21+. The topological polar surface area (TPSA) is 66.8 Å². The number of aliphatic hydroxyl groups is 1. The minimum absolute atomic E-state index is 0.0965. The van der Waals surface area contributed by atoms with E-state index >= 15 is 0 Å². The van der Waals surface area contributed by atoms with Crippen molar-refractivity contribution in [2.45, 2.75) is 12.6 Å². The van der Waals surface area contributed by atoms with Crippen molar-refractivity contribution in [3.05, 3.63) is 107 Å². The Morgan fingerprint density at radius 2 is 1.71 bits per heavy atom. The zero-order valence-electron chi connectivity index (χ0n) is 16.8. The first kappa shape index (κ1) is 20.3. The van der Waals surface area contributed by atoms with Gasteiger partial charge in [-0.1, -0.05) is 60.7 Å². The summed E-state index contributed by atoms with van der Waals surface area (Å²) in [6.45, 7) is 0.0965.